The van der Waals surface area contributed by atoms with Crippen LogP contribution < -0.4 is 19.1 Å². The SMILES string of the molecule is COc1cc(OC)cc(OCC(=O)O[C@@]2(c3ccccc3)c3cc(Cl)ccc3N(C)C(=O)CN2C(C)=O)c1. The molecule has 0 unspecified atom stereocenters. The van der Waals surface area contributed by atoms with Gasteiger partial charge in [0.15, 0.2) is 6.61 Å². The van der Waals surface area contributed by atoms with Gasteiger partial charge in [0.1, 0.15) is 23.8 Å². The van der Waals surface area contributed by atoms with Gasteiger partial charge in [-0.05, 0) is 18.2 Å². The van der Waals surface area contributed by atoms with Gasteiger partial charge in [-0.1, -0.05) is 41.9 Å². The Balaban J connectivity index is 1.82. The first kappa shape index (κ1) is 26.8. The Kier molecular flexibility index (Phi) is 7.78. The molecule has 0 saturated heterocycles. The molecule has 1 aliphatic rings. The van der Waals surface area contributed by atoms with Crippen molar-refractivity contribution in [2.45, 2.75) is 12.6 Å². The topological polar surface area (TPSA) is 94.6 Å². The molecule has 1 atom stereocenters. The summed E-state index contributed by atoms with van der Waals surface area (Å²) in [5, 5.41) is 0.339. The van der Waals surface area contributed by atoms with Crippen LogP contribution in [0.15, 0.2) is 66.7 Å². The molecule has 1 heterocycles. The van der Waals surface area contributed by atoms with Crippen molar-refractivity contribution in [1.82, 2.24) is 4.90 Å². The summed E-state index contributed by atoms with van der Waals surface area (Å²) >= 11 is 6.40. The van der Waals surface area contributed by atoms with Crippen LogP contribution in [0.3, 0.4) is 0 Å². The lowest BCUT2D eigenvalue weighted by Crippen LogP contribution is -2.54. The highest BCUT2D eigenvalue weighted by Gasteiger charge is 2.51. The van der Waals surface area contributed by atoms with Crippen molar-refractivity contribution in [2.24, 2.45) is 0 Å². The van der Waals surface area contributed by atoms with E-state index in [0.717, 1.165) is 0 Å². The standard InChI is InChI=1S/C28H27ClN2O7/c1-18(32)31-16-26(33)30(2)25-11-10-20(29)12-24(25)28(31,19-8-6-5-7-9-19)38-27(34)17-37-23-14-21(35-3)13-22(15-23)36-4/h5-15H,16-17H2,1-4H3/t28-/m0/s1. The maximum atomic E-state index is 13.4. The molecule has 1 aliphatic heterocycles. The molecule has 3 aromatic rings. The number of halogens is 1. The van der Waals surface area contributed by atoms with Crippen molar-refractivity contribution in [1.29, 1.82) is 0 Å². The molecule has 10 heteroatoms. The summed E-state index contributed by atoms with van der Waals surface area (Å²) in [6.45, 7) is 0.470. The van der Waals surface area contributed by atoms with Crippen molar-refractivity contribution in [3.8, 4) is 17.2 Å². The van der Waals surface area contributed by atoms with Gasteiger partial charge in [0.25, 0.3) is 0 Å². The first-order valence-electron chi connectivity index (χ1n) is 11.7. The van der Waals surface area contributed by atoms with Gasteiger partial charge in [-0.25, -0.2) is 4.79 Å². The Labute approximate surface area is 225 Å². The molecule has 0 N–H and O–H groups in total. The number of nitrogens with zero attached hydrogens (tertiary/aromatic N) is 2. The molecule has 3 aromatic carbocycles. The minimum atomic E-state index is -1.81. The number of hydrogen-bond donors (Lipinski definition) is 0. The number of carbonyl (C=O) groups excluding carboxylic acids is 3. The van der Waals surface area contributed by atoms with Crippen molar-refractivity contribution < 1.29 is 33.3 Å². The summed E-state index contributed by atoms with van der Waals surface area (Å²) in [4.78, 5) is 42.3. The molecule has 0 radical (unpaired) electrons. The normalized spacial score (nSPS) is 16.8. The van der Waals surface area contributed by atoms with Crippen molar-refractivity contribution in [2.75, 3.05) is 39.3 Å². The summed E-state index contributed by atoms with van der Waals surface area (Å²) in [5.41, 5.74) is -0.548. The quantitative estimate of drug-likeness (QED) is 0.420. The molecular weight excluding hydrogens is 512 g/mol. The van der Waals surface area contributed by atoms with E-state index in [2.05, 4.69) is 0 Å². The molecule has 0 aliphatic carbocycles. The zero-order chi connectivity index (χ0) is 27.4. The summed E-state index contributed by atoms with van der Waals surface area (Å²) in [5.74, 6) is -0.360. The lowest BCUT2D eigenvalue weighted by molar-refractivity contribution is -0.185. The minimum absolute atomic E-state index is 0.314. The van der Waals surface area contributed by atoms with E-state index in [1.165, 1.54) is 30.9 Å². The van der Waals surface area contributed by atoms with Crippen LogP contribution >= 0.6 is 11.6 Å². The second-order valence-corrected chi connectivity index (χ2v) is 8.98. The van der Waals surface area contributed by atoms with Crippen LogP contribution in [-0.4, -0.2) is 57.1 Å². The Morgan fingerprint density at radius 1 is 0.947 bits per heavy atom. The third-order valence-corrected chi connectivity index (χ3v) is 6.46. The first-order valence-corrected chi connectivity index (χ1v) is 12.1. The number of hydrogen-bond acceptors (Lipinski definition) is 7. The van der Waals surface area contributed by atoms with Gasteiger partial charge >= 0.3 is 5.97 Å². The molecule has 38 heavy (non-hydrogen) atoms. The Hall–Kier alpha value is -4.24. The molecule has 0 saturated carbocycles. The van der Waals surface area contributed by atoms with E-state index in [-0.39, 0.29) is 12.5 Å². The van der Waals surface area contributed by atoms with Crippen LogP contribution in [0, 0.1) is 0 Å². The van der Waals surface area contributed by atoms with E-state index in [0.29, 0.717) is 39.1 Å². The summed E-state index contributed by atoms with van der Waals surface area (Å²) in [6, 6.07) is 18.5. The van der Waals surface area contributed by atoms with Gasteiger partial charge in [0.05, 0.1) is 19.9 Å². The van der Waals surface area contributed by atoms with E-state index in [4.69, 9.17) is 30.5 Å². The third kappa shape index (κ3) is 5.10. The van der Waals surface area contributed by atoms with Crippen LogP contribution in [0.5, 0.6) is 17.2 Å². The summed E-state index contributed by atoms with van der Waals surface area (Å²) < 4.78 is 22.4. The number of anilines is 1. The zero-order valence-corrected chi connectivity index (χ0v) is 22.2. The van der Waals surface area contributed by atoms with Crippen molar-refractivity contribution >= 4 is 35.1 Å². The monoisotopic (exact) mass is 538 g/mol. The lowest BCUT2D eigenvalue weighted by Gasteiger charge is -2.42. The molecule has 2 amide bonds. The number of methoxy groups -OCH3 is 2. The maximum absolute atomic E-state index is 13.4. The van der Waals surface area contributed by atoms with Gasteiger partial charge in [-0.15, -0.1) is 0 Å². The Morgan fingerprint density at radius 3 is 2.18 bits per heavy atom. The van der Waals surface area contributed by atoms with Gasteiger partial charge in [-0.3, -0.25) is 14.5 Å². The fourth-order valence-electron chi connectivity index (χ4n) is 4.38. The number of likely N-dealkylation sites (N-methyl/N-ethyl adjacent to an activating group) is 1. The van der Waals surface area contributed by atoms with Gasteiger partial charge in [0.2, 0.25) is 17.5 Å². The van der Waals surface area contributed by atoms with Crippen LogP contribution in [0.1, 0.15) is 18.1 Å². The maximum Gasteiger partial charge on any atom is 0.346 e. The highest BCUT2D eigenvalue weighted by molar-refractivity contribution is 6.30. The minimum Gasteiger partial charge on any atom is -0.496 e. The Bertz CT molecular complexity index is 1340. The van der Waals surface area contributed by atoms with Gasteiger partial charge in [0, 0.05) is 48.3 Å². The predicted molar refractivity (Wildman–Crippen MR) is 141 cm³/mol. The van der Waals surface area contributed by atoms with E-state index < -0.39 is 24.2 Å². The highest BCUT2D eigenvalue weighted by atomic mass is 35.5. The van der Waals surface area contributed by atoms with E-state index >= 15 is 0 Å². The second-order valence-electron chi connectivity index (χ2n) is 8.54. The molecule has 9 nitrogen and oxygen atoms in total. The van der Waals surface area contributed by atoms with Crippen LogP contribution in [-0.2, 0) is 24.8 Å². The van der Waals surface area contributed by atoms with E-state index in [9.17, 15) is 14.4 Å². The molecule has 4 rings (SSSR count). The zero-order valence-electron chi connectivity index (χ0n) is 21.4. The highest BCUT2D eigenvalue weighted by Crippen LogP contribution is 2.45. The Morgan fingerprint density at radius 2 is 1.58 bits per heavy atom. The lowest BCUT2D eigenvalue weighted by atomic mass is 9.90. The van der Waals surface area contributed by atoms with Crippen LogP contribution in [0.25, 0.3) is 0 Å². The number of rotatable bonds is 7. The smallest absolute Gasteiger partial charge is 0.346 e. The second kappa shape index (κ2) is 11.0. The number of carbonyl (C=O) groups is 3. The molecule has 198 valence electrons. The van der Waals surface area contributed by atoms with Gasteiger partial charge in [-0.2, -0.15) is 0 Å². The molecule has 0 aromatic heterocycles. The van der Waals surface area contributed by atoms with Crippen molar-refractivity contribution in [3.05, 3.63) is 82.9 Å². The largest absolute Gasteiger partial charge is 0.496 e. The summed E-state index contributed by atoms with van der Waals surface area (Å²) in [6.07, 6.45) is 0. The fraction of sp³-hybridized carbons (Fsp3) is 0.250. The number of benzene rings is 3. The number of esters is 1. The molecular formula is C28H27ClN2O7. The average molecular weight is 539 g/mol. The number of fused-ring (bicyclic) bond motifs is 1. The molecule has 0 fully saturated rings. The molecule has 0 spiro atoms. The van der Waals surface area contributed by atoms with Crippen LogP contribution in [0.2, 0.25) is 5.02 Å². The fourth-order valence-corrected chi connectivity index (χ4v) is 4.56. The average Bonchev–Trinajstić information content (AvgIpc) is 3.01. The first-order chi connectivity index (χ1) is 18.2. The molecule has 0 bridgehead atoms. The summed E-state index contributed by atoms with van der Waals surface area (Å²) in [7, 11) is 4.59. The number of amides is 2. The van der Waals surface area contributed by atoms with Crippen LogP contribution in [0.4, 0.5) is 5.69 Å². The number of ether oxygens (including phenoxy) is 4. The van der Waals surface area contributed by atoms with E-state index in [1.807, 2.05) is 0 Å². The third-order valence-electron chi connectivity index (χ3n) is 6.22. The van der Waals surface area contributed by atoms with E-state index in [1.54, 1.807) is 73.8 Å². The predicted octanol–water partition coefficient (Wildman–Crippen LogP) is 4.01. The van der Waals surface area contributed by atoms with Crippen molar-refractivity contribution in [3.63, 3.8) is 0 Å². The van der Waals surface area contributed by atoms with Gasteiger partial charge < -0.3 is 23.8 Å².